The summed E-state index contributed by atoms with van der Waals surface area (Å²) in [6.07, 6.45) is 11.1. The van der Waals surface area contributed by atoms with E-state index in [4.69, 9.17) is 0 Å². The molecule has 0 atom stereocenters. The third kappa shape index (κ3) is 4.18. The van der Waals surface area contributed by atoms with Gasteiger partial charge in [0.15, 0.2) is 0 Å². The zero-order valence-electron chi connectivity index (χ0n) is 11.7. The van der Waals surface area contributed by atoms with Crippen LogP contribution in [0.3, 0.4) is 0 Å². The first kappa shape index (κ1) is 15.8. The zero-order valence-corrected chi connectivity index (χ0v) is 14.1. The molecule has 1 N–H and O–H groups in total. The SMILES string of the molecule is O=S(=O)(NCC1(CBr)CCCCC1)C1CCCCC1. The van der Waals surface area contributed by atoms with E-state index in [0.717, 1.165) is 43.9 Å². The average Bonchev–Trinajstić information content (AvgIpc) is 2.47. The predicted octanol–water partition coefficient (Wildman–Crippen LogP) is 3.58. The standard InChI is InChI=1S/C14H26BrNO2S/c15-11-14(9-5-2-6-10-14)12-16-19(17,18)13-7-3-1-4-8-13/h13,16H,1-12H2. The van der Waals surface area contributed by atoms with Crippen molar-refractivity contribution in [1.29, 1.82) is 0 Å². The van der Waals surface area contributed by atoms with Crippen molar-refractivity contribution in [1.82, 2.24) is 4.72 Å². The molecule has 0 saturated heterocycles. The van der Waals surface area contributed by atoms with Crippen LogP contribution < -0.4 is 4.72 Å². The normalized spacial score (nSPS) is 25.3. The highest BCUT2D eigenvalue weighted by molar-refractivity contribution is 9.09. The van der Waals surface area contributed by atoms with Gasteiger partial charge in [0.2, 0.25) is 10.0 Å². The van der Waals surface area contributed by atoms with Crippen LogP contribution in [0.15, 0.2) is 0 Å². The minimum absolute atomic E-state index is 0.141. The fourth-order valence-corrected chi connectivity index (χ4v) is 5.86. The Kier molecular flexibility index (Phi) is 5.73. The second kappa shape index (κ2) is 6.90. The van der Waals surface area contributed by atoms with Crippen molar-refractivity contribution < 1.29 is 8.42 Å². The molecular weight excluding hydrogens is 326 g/mol. The maximum Gasteiger partial charge on any atom is 0.214 e. The maximum atomic E-state index is 12.4. The van der Waals surface area contributed by atoms with Crippen LogP contribution in [0.5, 0.6) is 0 Å². The monoisotopic (exact) mass is 351 g/mol. The average molecular weight is 352 g/mol. The summed E-state index contributed by atoms with van der Waals surface area (Å²) in [5, 5.41) is 0.768. The summed E-state index contributed by atoms with van der Waals surface area (Å²) >= 11 is 3.60. The molecule has 0 spiro atoms. The van der Waals surface area contributed by atoms with E-state index in [2.05, 4.69) is 20.7 Å². The first-order valence-corrected chi connectivity index (χ1v) is 10.3. The molecule has 2 saturated carbocycles. The Hall–Kier alpha value is 0.390. The Morgan fingerprint density at radius 3 is 2.16 bits per heavy atom. The number of nitrogens with one attached hydrogen (secondary N) is 1. The van der Waals surface area contributed by atoms with Crippen molar-refractivity contribution in [2.24, 2.45) is 5.41 Å². The number of alkyl halides is 1. The molecule has 0 aromatic carbocycles. The molecule has 3 nitrogen and oxygen atoms in total. The van der Waals surface area contributed by atoms with Crippen LogP contribution in [0.2, 0.25) is 0 Å². The lowest BCUT2D eigenvalue weighted by atomic mass is 9.76. The van der Waals surface area contributed by atoms with Crippen molar-refractivity contribution in [3.05, 3.63) is 0 Å². The summed E-state index contributed by atoms with van der Waals surface area (Å²) in [5.41, 5.74) is 0.153. The Balaban J connectivity index is 1.92. The van der Waals surface area contributed by atoms with Gasteiger partial charge in [-0.25, -0.2) is 13.1 Å². The van der Waals surface area contributed by atoms with E-state index in [0.29, 0.717) is 6.54 Å². The molecule has 2 fully saturated rings. The van der Waals surface area contributed by atoms with Crippen molar-refractivity contribution in [3.8, 4) is 0 Å². The van der Waals surface area contributed by atoms with Crippen LogP contribution in [0.25, 0.3) is 0 Å². The molecule has 0 heterocycles. The van der Waals surface area contributed by atoms with E-state index in [1.807, 2.05) is 0 Å². The van der Waals surface area contributed by atoms with Gasteiger partial charge in [-0.15, -0.1) is 0 Å². The Bertz CT molecular complexity index is 371. The first-order chi connectivity index (χ1) is 9.08. The smallest absolute Gasteiger partial charge is 0.214 e. The van der Waals surface area contributed by atoms with Crippen LogP contribution in [-0.4, -0.2) is 25.5 Å². The van der Waals surface area contributed by atoms with E-state index < -0.39 is 10.0 Å². The predicted molar refractivity (Wildman–Crippen MR) is 83.1 cm³/mol. The lowest BCUT2D eigenvalue weighted by molar-refractivity contribution is 0.227. The van der Waals surface area contributed by atoms with Gasteiger partial charge in [0.1, 0.15) is 0 Å². The summed E-state index contributed by atoms with van der Waals surface area (Å²) in [7, 11) is -3.10. The van der Waals surface area contributed by atoms with Crippen LogP contribution in [0.1, 0.15) is 64.2 Å². The van der Waals surface area contributed by atoms with Gasteiger partial charge >= 0.3 is 0 Å². The fraction of sp³-hybridized carbons (Fsp3) is 1.00. The van der Waals surface area contributed by atoms with E-state index in [9.17, 15) is 8.42 Å². The van der Waals surface area contributed by atoms with Gasteiger partial charge in [-0.05, 0) is 31.1 Å². The molecule has 0 radical (unpaired) electrons. The number of sulfonamides is 1. The van der Waals surface area contributed by atoms with Crippen LogP contribution in [0.4, 0.5) is 0 Å². The lowest BCUT2D eigenvalue weighted by Gasteiger charge is -2.36. The highest BCUT2D eigenvalue weighted by atomic mass is 79.9. The van der Waals surface area contributed by atoms with Gasteiger partial charge in [-0.3, -0.25) is 0 Å². The quantitative estimate of drug-likeness (QED) is 0.769. The fourth-order valence-electron chi connectivity index (χ4n) is 3.41. The summed E-state index contributed by atoms with van der Waals surface area (Å²) < 4.78 is 27.7. The van der Waals surface area contributed by atoms with E-state index in [-0.39, 0.29) is 10.7 Å². The molecule has 0 aromatic rings. The van der Waals surface area contributed by atoms with E-state index >= 15 is 0 Å². The maximum absolute atomic E-state index is 12.4. The Morgan fingerprint density at radius 1 is 1.00 bits per heavy atom. The van der Waals surface area contributed by atoms with Crippen molar-refractivity contribution in [2.75, 3.05) is 11.9 Å². The summed E-state index contributed by atoms with van der Waals surface area (Å²) in [5.74, 6) is 0. The second-order valence-corrected chi connectivity index (χ2v) is 8.93. The summed E-state index contributed by atoms with van der Waals surface area (Å²) in [6.45, 7) is 0.622. The topological polar surface area (TPSA) is 46.2 Å². The van der Waals surface area contributed by atoms with Crippen LogP contribution in [0, 0.1) is 5.41 Å². The lowest BCUT2D eigenvalue weighted by Crippen LogP contribution is -2.44. The molecular formula is C14H26BrNO2S. The Morgan fingerprint density at radius 2 is 1.58 bits per heavy atom. The molecule has 5 heteroatoms. The van der Waals surface area contributed by atoms with Gasteiger partial charge < -0.3 is 0 Å². The number of hydrogen-bond donors (Lipinski definition) is 1. The molecule has 0 amide bonds. The summed E-state index contributed by atoms with van der Waals surface area (Å²) in [4.78, 5) is 0. The van der Waals surface area contributed by atoms with Crippen LogP contribution >= 0.6 is 15.9 Å². The number of hydrogen-bond acceptors (Lipinski definition) is 2. The second-order valence-electron chi connectivity index (χ2n) is 6.32. The van der Waals surface area contributed by atoms with Gasteiger partial charge in [0, 0.05) is 11.9 Å². The van der Waals surface area contributed by atoms with Gasteiger partial charge in [0.05, 0.1) is 5.25 Å². The third-order valence-corrected chi connectivity index (χ3v) is 7.92. The van der Waals surface area contributed by atoms with Crippen molar-refractivity contribution in [2.45, 2.75) is 69.5 Å². The summed E-state index contributed by atoms with van der Waals surface area (Å²) in [6, 6.07) is 0. The van der Waals surface area contributed by atoms with Gasteiger partial charge in [-0.1, -0.05) is 54.5 Å². The van der Waals surface area contributed by atoms with Crippen molar-refractivity contribution >= 4 is 26.0 Å². The highest BCUT2D eigenvalue weighted by Crippen LogP contribution is 2.37. The van der Waals surface area contributed by atoms with Gasteiger partial charge in [0.25, 0.3) is 0 Å². The molecule has 0 unspecified atom stereocenters. The zero-order chi connectivity index (χ0) is 13.8. The highest BCUT2D eigenvalue weighted by Gasteiger charge is 2.34. The minimum Gasteiger partial charge on any atom is -0.214 e. The molecule has 0 bridgehead atoms. The largest absolute Gasteiger partial charge is 0.214 e. The van der Waals surface area contributed by atoms with Gasteiger partial charge in [-0.2, -0.15) is 0 Å². The molecule has 0 aromatic heterocycles. The molecule has 2 rings (SSSR count). The number of rotatable bonds is 5. The van der Waals surface area contributed by atoms with E-state index in [1.54, 1.807) is 0 Å². The minimum atomic E-state index is -3.10. The molecule has 2 aliphatic carbocycles. The number of halogens is 1. The molecule has 2 aliphatic rings. The molecule has 112 valence electrons. The molecule has 0 aliphatic heterocycles. The van der Waals surface area contributed by atoms with Crippen LogP contribution in [-0.2, 0) is 10.0 Å². The Labute approximate surface area is 126 Å². The first-order valence-electron chi connectivity index (χ1n) is 7.62. The molecule has 19 heavy (non-hydrogen) atoms. The van der Waals surface area contributed by atoms with Crippen molar-refractivity contribution in [3.63, 3.8) is 0 Å². The third-order valence-electron chi connectivity index (χ3n) is 4.84. The van der Waals surface area contributed by atoms with E-state index in [1.165, 1.54) is 25.7 Å².